The summed E-state index contributed by atoms with van der Waals surface area (Å²) in [4.78, 5) is 28.0. The van der Waals surface area contributed by atoms with Crippen LogP contribution < -0.4 is 9.62 Å². The molecule has 9 heteroatoms. The van der Waals surface area contributed by atoms with E-state index in [1.165, 1.54) is 4.90 Å². The van der Waals surface area contributed by atoms with Gasteiger partial charge in [0.15, 0.2) is 0 Å². The third-order valence-electron chi connectivity index (χ3n) is 6.10. The van der Waals surface area contributed by atoms with E-state index in [2.05, 4.69) is 5.32 Å². The Morgan fingerprint density at radius 1 is 1.12 bits per heavy atom. The van der Waals surface area contributed by atoms with Gasteiger partial charge in [-0.05, 0) is 56.5 Å². The number of anilines is 1. The highest BCUT2D eigenvalue weighted by molar-refractivity contribution is 7.92. The molecule has 1 N–H and O–H groups in total. The van der Waals surface area contributed by atoms with Crippen molar-refractivity contribution in [2.45, 2.75) is 58.2 Å². The maximum absolute atomic E-state index is 13.5. The molecule has 1 atom stereocenters. The maximum atomic E-state index is 13.5. The first-order chi connectivity index (χ1) is 16.0. The number of amides is 2. The van der Waals surface area contributed by atoms with Crippen LogP contribution in [0.4, 0.5) is 5.69 Å². The Kier molecular flexibility index (Phi) is 8.60. The predicted octanol–water partition coefficient (Wildman–Crippen LogP) is 3.89. The van der Waals surface area contributed by atoms with Gasteiger partial charge in [0.1, 0.15) is 12.6 Å². The highest BCUT2D eigenvalue weighted by Crippen LogP contribution is 2.22. The lowest BCUT2D eigenvalue weighted by Gasteiger charge is -2.32. The van der Waals surface area contributed by atoms with E-state index in [1.807, 2.05) is 31.2 Å². The van der Waals surface area contributed by atoms with Gasteiger partial charge in [0.25, 0.3) is 0 Å². The average molecular weight is 506 g/mol. The molecule has 7 nitrogen and oxygen atoms in total. The number of carbonyl (C=O) groups excluding carboxylic acids is 2. The summed E-state index contributed by atoms with van der Waals surface area (Å²) in [5.41, 5.74) is 2.23. The summed E-state index contributed by atoms with van der Waals surface area (Å²) in [6, 6.07) is 13.3. The summed E-state index contributed by atoms with van der Waals surface area (Å²) < 4.78 is 26.1. The minimum atomic E-state index is -3.76. The number of rotatable bonds is 9. The molecule has 3 rings (SSSR count). The van der Waals surface area contributed by atoms with Crippen LogP contribution in [0.15, 0.2) is 48.5 Å². The van der Waals surface area contributed by atoms with Crippen LogP contribution in [-0.4, -0.2) is 50.0 Å². The molecule has 0 radical (unpaired) electrons. The van der Waals surface area contributed by atoms with E-state index in [-0.39, 0.29) is 18.5 Å². The summed E-state index contributed by atoms with van der Waals surface area (Å²) in [5.74, 6) is -0.693. The highest BCUT2D eigenvalue weighted by Gasteiger charge is 2.31. The lowest BCUT2D eigenvalue weighted by molar-refractivity contribution is -0.139. The minimum absolute atomic E-state index is 0.118. The maximum Gasteiger partial charge on any atom is 0.244 e. The van der Waals surface area contributed by atoms with E-state index in [0.29, 0.717) is 10.7 Å². The number of aryl methyl sites for hydroxylation is 1. The van der Waals surface area contributed by atoms with Gasteiger partial charge >= 0.3 is 0 Å². The zero-order chi connectivity index (χ0) is 24.9. The molecule has 1 aliphatic rings. The van der Waals surface area contributed by atoms with Crippen LogP contribution in [0.3, 0.4) is 0 Å². The van der Waals surface area contributed by atoms with Crippen LogP contribution in [-0.2, 0) is 26.2 Å². The monoisotopic (exact) mass is 505 g/mol. The Balaban J connectivity index is 1.87. The summed E-state index contributed by atoms with van der Waals surface area (Å²) in [6.07, 6.45) is 5.08. The smallest absolute Gasteiger partial charge is 0.244 e. The summed E-state index contributed by atoms with van der Waals surface area (Å²) in [5, 5.41) is 3.51. The number of halogens is 1. The zero-order valence-corrected chi connectivity index (χ0v) is 21.4. The van der Waals surface area contributed by atoms with Crippen molar-refractivity contribution in [3.63, 3.8) is 0 Å². The van der Waals surface area contributed by atoms with Crippen LogP contribution in [0.1, 0.15) is 43.7 Å². The molecular formula is C25H32ClN3O4S. The van der Waals surface area contributed by atoms with E-state index < -0.39 is 28.5 Å². The van der Waals surface area contributed by atoms with Crippen molar-refractivity contribution in [2.24, 2.45) is 0 Å². The molecule has 0 heterocycles. The molecule has 0 saturated heterocycles. The molecule has 1 aliphatic carbocycles. The SMILES string of the molecule is Cc1cccc(CN(C(=O)CN(c2ccc(Cl)cc2)S(C)(=O)=O)[C@H](C)C(=O)NC2CCCC2)c1. The molecule has 2 amide bonds. The second kappa shape index (κ2) is 11.2. The number of carbonyl (C=O) groups is 2. The van der Waals surface area contributed by atoms with Crippen molar-refractivity contribution < 1.29 is 18.0 Å². The zero-order valence-electron chi connectivity index (χ0n) is 19.8. The van der Waals surface area contributed by atoms with Crippen molar-refractivity contribution in [1.29, 1.82) is 0 Å². The van der Waals surface area contributed by atoms with Crippen LogP contribution >= 0.6 is 11.6 Å². The fourth-order valence-corrected chi connectivity index (χ4v) is 5.18. The number of nitrogens with zero attached hydrogens (tertiary/aromatic N) is 2. The summed E-state index contributed by atoms with van der Waals surface area (Å²) in [6.45, 7) is 3.41. The second-order valence-corrected chi connectivity index (χ2v) is 11.3. The third kappa shape index (κ3) is 6.96. The van der Waals surface area contributed by atoms with Crippen LogP contribution in [0.5, 0.6) is 0 Å². The van der Waals surface area contributed by atoms with Crippen LogP contribution in [0.25, 0.3) is 0 Å². The quantitative estimate of drug-likeness (QED) is 0.560. The molecule has 34 heavy (non-hydrogen) atoms. The largest absolute Gasteiger partial charge is 0.352 e. The first kappa shape index (κ1) is 26.0. The van der Waals surface area contributed by atoms with Gasteiger partial charge in [0.2, 0.25) is 21.8 Å². The van der Waals surface area contributed by atoms with Gasteiger partial charge in [-0.1, -0.05) is 54.3 Å². The van der Waals surface area contributed by atoms with Crippen molar-refractivity contribution in [3.05, 3.63) is 64.7 Å². The van der Waals surface area contributed by atoms with Crippen molar-refractivity contribution in [3.8, 4) is 0 Å². The number of benzene rings is 2. The number of hydrogen-bond acceptors (Lipinski definition) is 4. The van der Waals surface area contributed by atoms with Crippen molar-refractivity contribution in [1.82, 2.24) is 10.2 Å². The van der Waals surface area contributed by atoms with E-state index >= 15 is 0 Å². The fourth-order valence-electron chi connectivity index (χ4n) is 4.20. The molecule has 2 aromatic rings. The first-order valence-electron chi connectivity index (χ1n) is 11.4. The highest BCUT2D eigenvalue weighted by atomic mass is 35.5. The Morgan fingerprint density at radius 3 is 2.35 bits per heavy atom. The van der Waals surface area contributed by atoms with E-state index in [1.54, 1.807) is 31.2 Å². The van der Waals surface area contributed by atoms with Crippen molar-refractivity contribution >= 4 is 39.1 Å². The lowest BCUT2D eigenvalue weighted by Crippen LogP contribution is -2.52. The van der Waals surface area contributed by atoms with E-state index in [4.69, 9.17) is 11.6 Å². The van der Waals surface area contributed by atoms with Crippen molar-refractivity contribution in [2.75, 3.05) is 17.1 Å². The van der Waals surface area contributed by atoms with Gasteiger partial charge < -0.3 is 10.2 Å². The molecule has 0 aromatic heterocycles. The Bertz CT molecular complexity index is 1120. The normalized spacial score (nSPS) is 15.1. The van der Waals surface area contributed by atoms with Gasteiger partial charge in [0.05, 0.1) is 11.9 Å². The molecule has 0 bridgehead atoms. The van der Waals surface area contributed by atoms with Crippen LogP contribution in [0, 0.1) is 6.92 Å². The molecule has 184 valence electrons. The van der Waals surface area contributed by atoms with Gasteiger partial charge in [0, 0.05) is 17.6 Å². The topological polar surface area (TPSA) is 86.8 Å². The number of hydrogen-bond donors (Lipinski definition) is 1. The summed E-state index contributed by atoms with van der Waals surface area (Å²) in [7, 11) is -3.76. The molecular weight excluding hydrogens is 474 g/mol. The average Bonchev–Trinajstić information content (AvgIpc) is 3.28. The Morgan fingerprint density at radius 2 is 1.76 bits per heavy atom. The minimum Gasteiger partial charge on any atom is -0.352 e. The Hall–Kier alpha value is -2.58. The second-order valence-electron chi connectivity index (χ2n) is 8.92. The number of nitrogens with one attached hydrogen (secondary N) is 1. The molecule has 0 unspecified atom stereocenters. The first-order valence-corrected chi connectivity index (χ1v) is 13.7. The molecule has 2 aromatic carbocycles. The van der Waals surface area contributed by atoms with Gasteiger partial charge in [-0.25, -0.2) is 8.42 Å². The van der Waals surface area contributed by atoms with Gasteiger partial charge in [-0.15, -0.1) is 0 Å². The van der Waals surface area contributed by atoms with Gasteiger partial charge in [-0.3, -0.25) is 13.9 Å². The lowest BCUT2D eigenvalue weighted by atomic mass is 10.1. The van der Waals surface area contributed by atoms with E-state index in [0.717, 1.165) is 47.4 Å². The molecule has 1 saturated carbocycles. The molecule has 0 aliphatic heterocycles. The summed E-state index contributed by atoms with van der Waals surface area (Å²) >= 11 is 5.95. The van der Waals surface area contributed by atoms with E-state index in [9.17, 15) is 18.0 Å². The predicted molar refractivity (Wildman–Crippen MR) is 135 cm³/mol. The van der Waals surface area contributed by atoms with Gasteiger partial charge in [-0.2, -0.15) is 0 Å². The molecule has 1 fully saturated rings. The fraction of sp³-hybridized carbons (Fsp3) is 0.440. The molecule has 0 spiro atoms. The Labute approximate surface area is 207 Å². The number of sulfonamides is 1. The van der Waals surface area contributed by atoms with Crippen LogP contribution in [0.2, 0.25) is 5.02 Å². The third-order valence-corrected chi connectivity index (χ3v) is 7.49. The standard InChI is InChI=1S/C25H32ClN3O4S/c1-18-7-6-8-20(15-18)16-28(19(2)25(31)27-22-9-4-5-10-22)24(30)17-29(34(3,32)33)23-13-11-21(26)12-14-23/h6-8,11-15,19,22H,4-5,9-10,16-17H2,1-3H3,(H,27,31)/t19-/m1/s1.